The molecule has 0 saturated carbocycles. The van der Waals surface area contributed by atoms with Crippen LogP contribution in [0.4, 0.5) is 0 Å². The van der Waals surface area contributed by atoms with E-state index >= 15 is 0 Å². The zero-order valence-corrected chi connectivity index (χ0v) is 19.3. The molecule has 0 spiro atoms. The summed E-state index contributed by atoms with van der Waals surface area (Å²) < 4.78 is 13.9. The van der Waals surface area contributed by atoms with Crippen LogP contribution in [0.5, 0.6) is 11.5 Å². The van der Waals surface area contributed by atoms with Crippen molar-refractivity contribution in [3.05, 3.63) is 78.3 Å². The summed E-state index contributed by atoms with van der Waals surface area (Å²) in [6.45, 7) is 8.54. The van der Waals surface area contributed by atoms with Crippen molar-refractivity contribution >= 4 is 28.4 Å². The Morgan fingerprint density at radius 3 is 2.82 bits per heavy atom. The average Bonchev–Trinajstić information content (AvgIpc) is 3.38. The van der Waals surface area contributed by atoms with E-state index in [1.807, 2.05) is 66.9 Å². The van der Waals surface area contributed by atoms with Crippen molar-refractivity contribution in [3.8, 4) is 11.5 Å². The number of rotatable bonds is 7. The molecule has 5 rings (SSSR count). The highest BCUT2D eigenvalue weighted by molar-refractivity contribution is 8.00. The van der Waals surface area contributed by atoms with Gasteiger partial charge in [0.05, 0.1) is 5.25 Å². The molecule has 4 aromatic rings. The molecule has 0 amide bonds. The van der Waals surface area contributed by atoms with Gasteiger partial charge in [0.1, 0.15) is 6.61 Å². The van der Waals surface area contributed by atoms with Crippen LogP contribution in [0.2, 0.25) is 0 Å². The number of ketones is 1. The molecule has 2 atom stereocenters. The first kappa shape index (κ1) is 21.3. The number of aryl methyl sites for hydroxylation is 1. The number of allylic oxidation sites excluding steroid dienone is 1. The van der Waals surface area contributed by atoms with Crippen LogP contribution in [0.1, 0.15) is 34.9 Å². The molecule has 0 fully saturated rings. The van der Waals surface area contributed by atoms with Crippen LogP contribution in [0.3, 0.4) is 0 Å². The highest BCUT2D eigenvalue weighted by Crippen LogP contribution is 2.37. The summed E-state index contributed by atoms with van der Waals surface area (Å²) in [6, 6.07) is 15.4. The van der Waals surface area contributed by atoms with E-state index in [2.05, 4.69) is 21.8 Å². The van der Waals surface area contributed by atoms with Crippen LogP contribution in [0, 0.1) is 6.92 Å². The molecule has 0 radical (unpaired) electrons. The van der Waals surface area contributed by atoms with E-state index in [-0.39, 0.29) is 11.0 Å². The number of Topliss-reactive ketones (excluding diaryl/α,β-unsaturated/α-hetero) is 1. The lowest BCUT2D eigenvalue weighted by Gasteiger charge is -2.26. The highest BCUT2D eigenvalue weighted by Gasteiger charge is 2.30. The monoisotopic (exact) mass is 460 g/mol. The van der Waals surface area contributed by atoms with Crippen molar-refractivity contribution in [2.75, 3.05) is 6.61 Å². The third-order valence-electron chi connectivity index (χ3n) is 5.65. The number of hydrogen-bond acceptors (Lipinski definition) is 6. The summed E-state index contributed by atoms with van der Waals surface area (Å²) in [5.74, 6) is 2.09. The van der Waals surface area contributed by atoms with Gasteiger partial charge in [0.25, 0.3) is 0 Å². The zero-order valence-electron chi connectivity index (χ0n) is 18.4. The Morgan fingerprint density at radius 2 is 2.00 bits per heavy atom. The topological polar surface area (TPSA) is 82.0 Å². The Hall–Kier alpha value is -3.52. The standard InChI is InChI=1S/C25H24N4O3S/c1-4-13-29-24(21-14-31-19-11-7-8-12-20(19)32-21)27-28-25(29)33-16(3)23(30)22-15(2)26-18-10-6-5-9-17(18)22/h4-12,16,21,26H,1,13-14H2,2-3H3/t16-,21+/m1/s1. The number of benzene rings is 2. The van der Waals surface area contributed by atoms with Crippen molar-refractivity contribution in [3.63, 3.8) is 0 Å². The van der Waals surface area contributed by atoms with Gasteiger partial charge in [0.2, 0.25) is 0 Å². The van der Waals surface area contributed by atoms with Crippen molar-refractivity contribution < 1.29 is 14.3 Å². The van der Waals surface area contributed by atoms with E-state index < -0.39 is 6.10 Å². The Labute approximate surface area is 195 Å². The van der Waals surface area contributed by atoms with E-state index in [1.54, 1.807) is 6.08 Å². The average molecular weight is 461 g/mol. The van der Waals surface area contributed by atoms with Crippen molar-refractivity contribution in [1.82, 2.24) is 19.7 Å². The van der Waals surface area contributed by atoms with Gasteiger partial charge in [-0.1, -0.05) is 48.2 Å². The fourth-order valence-electron chi connectivity index (χ4n) is 4.08. The van der Waals surface area contributed by atoms with E-state index in [0.29, 0.717) is 35.6 Å². The number of aromatic amines is 1. The van der Waals surface area contributed by atoms with Crippen molar-refractivity contribution in [2.45, 2.75) is 36.9 Å². The molecule has 2 aromatic heterocycles. The molecule has 1 aliphatic heterocycles. The number of nitrogens with one attached hydrogen (secondary N) is 1. The Morgan fingerprint density at radius 1 is 1.24 bits per heavy atom. The Balaban J connectivity index is 1.41. The van der Waals surface area contributed by atoms with Crippen LogP contribution < -0.4 is 9.47 Å². The van der Waals surface area contributed by atoms with Crippen molar-refractivity contribution in [1.29, 1.82) is 0 Å². The van der Waals surface area contributed by atoms with Gasteiger partial charge >= 0.3 is 0 Å². The molecule has 0 saturated heterocycles. The number of aromatic nitrogens is 4. The quantitative estimate of drug-likeness (QED) is 0.234. The lowest BCUT2D eigenvalue weighted by atomic mass is 10.1. The second-order valence-corrected chi connectivity index (χ2v) is 9.21. The SMILES string of the molecule is C=CCn1c(S[C@H](C)C(=O)c2c(C)[nH]c3ccccc23)nnc1[C@@H]1COc2ccccc2O1. The van der Waals surface area contributed by atoms with Gasteiger partial charge < -0.3 is 14.5 Å². The minimum Gasteiger partial charge on any atom is -0.485 e. The first-order chi connectivity index (χ1) is 16.1. The number of ether oxygens (including phenoxy) is 2. The number of fused-ring (bicyclic) bond motifs is 2. The summed E-state index contributed by atoms with van der Waals surface area (Å²) in [5, 5.41) is 10.0. The van der Waals surface area contributed by atoms with Gasteiger partial charge in [-0.3, -0.25) is 9.36 Å². The smallest absolute Gasteiger partial charge is 0.192 e. The van der Waals surface area contributed by atoms with Crippen LogP contribution in [0.25, 0.3) is 10.9 Å². The van der Waals surface area contributed by atoms with Gasteiger partial charge in [0.15, 0.2) is 34.4 Å². The number of carbonyl (C=O) groups is 1. The van der Waals surface area contributed by atoms with Crippen LogP contribution in [-0.2, 0) is 6.54 Å². The number of H-pyrrole nitrogens is 1. The lowest BCUT2D eigenvalue weighted by Crippen LogP contribution is -2.25. The minimum atomic E-state index is -0.399. The largest absolute Gasteiger partial charge is 0.485 e. The molecular formula is C25H24N4O3S. The number of thioether (sulfide) groups is 1. The van der Waals surface area contributed by atoms with Crippen LogP contribution in [0.15, 0.2) is 66.3 Å². The molecule has 1 N–H and O–H groups in total. The molecule has 33 heavy (non-hydrogen) atoms. The molecule has 0 unspecified atom stereocenters. The van der Waals surface area contributed by atoms with Crippen LogP contribution >= 0.6 is 11.8 Å². The number of carbonyl (C=O) groups excluding carboxylic acids is 1. The molecule has 3 heterocycles. The lowest BCUT2D eigenvalue weighted by molar-refractivity contribution is 0.0821. The third kappa shape index (κ3) is 3.91. The van der Waals surface area contributed by atoms with Gasteiger partial charge in [-0.15, -0.1) is 16.8 Å². The second kappa shape index (κ2) is 8.78. The molecule has 0 aliphatic carbocycles. The summed E-state index contributed by atoms with van der Waals surface area (Å²) >= 11 is 1.39. The highest BCUT2D eigenvalue weighted by atomic mass is 32.2. The van der Waals surface area contributed by atoms with E-state index in [1.165, 1.54) is 11.8 Å². The van der Waals surface area contributed by atoms with Gasteiger partial charge in [0, 0.05) is 28.7 Å². The van der Waals surface area contributed by atoms with E-state index in [0.717, 1.165) is 22.2 Å². The molecule has 1 aliphatic rings. The molecule has 8 heteroatoms. The predicted octanol–water partition coefficient (Wildman–Crippen LogP) is 5.13. The van der Waals surface area contributed by atoms with Crippen molar-refractivity contribution in [2.24, 2.45) is 0 Å². The van der Waals surface area contributed by atoms with E-state index in [4.69, 9.17) is 9.47 Å². The van der Waals surface area contributed by atoms with Gasteiger partial charge in [-0.2, -0.15) is 0 Å². The Bertz CT molecular complexity index is 1340. The molecule has 2 aromatic carbocycles. The fraction of sp³-hybridized carbons (Fsp3) is 0.240. The van der Waals surface area contributed by atoms with Gasteiger partial charge in [-0.05, 0) is 32.0 Å². The molecule has 168 valence electrons. The summed E-state index contributed by atoms with van der Waals surface area (Å²) in [5.41, 5.74) is 2.55. The second-order valence-electron chi connectivity index (χ2n) is 7.90. The summed E-state index contributed by atoms with van der Waals surface area (Å²) in [6.07, 6.45) is 1.38. The summed E-state index contributed by atoms with van der Waals surface area (Å²) in [4.78, 5) is 16.7. The van der Waals surface area contributed by atoms with Gasteiger partial charge in [-0.25, -0.2) is 0 Å². The number of nitrogens with zero attached hydrogens (tertiary/aromatic N) is 3. The Kier molecular flexibility index (Phi) is 5.68. The maximum absolute atomic E-state index is 13.4. The zero-order chi connectivity index (χ0) is 22.9. The third-order valence-corrected chi connectivity index (χ3v) is 6.73. The van der Waals surface area contributed by atoms with E-state index in [9.17, 15) is 4.79 Å². The minimum absolute atomic E-state index is 0.0517. The maximum Gasteiger partial charge on any atom is 0.192 e. The molecule has 7 nitrogen and oxygen atoms in total. The molecular weight excluding hydrogens is 436 g/mol. The maximum atomic E-state index is 13.4. The molecule has 0 bridgehead atoms. The number of hydrogen-bond donors (Lipinski definition) is 1. The number of para-hydroxylation sites is 3. The first-order valence-electron chi connectivity index (χ1n) is 10.8. The first-order valence-corrected chi connectivity index (χ1v) is 11.7. The predicted molar refractivity (Wildman–Crippen MR) is 128 cm³/mol. The normalized spacial score (nSPS) is 16.0. The summed E-state index contributed by atoms with van der Waals surface area (Å²) in [7, 11) is 0. The van der Waals surface area contributed by atoms with Crippen LogP contribution in [-0.4, -0.2) is 37.4 Å². The fourth-order valence-corrected chi connectivity index (χ4v) is 5.01.